The van der Waals surface area contributed by atoms with Crippen molar-refractivity contribution in [1.29, 1.82) is 0 Å². The third-order valence-corrected chi connectivity index (χ3v) is 7.53. The number of fused-ring (bicyclic) bond motifs is 2. The Morgan fingerprint density at radius 2 is 1.87 bits per heavy atom. The van der Waals surface area contributed by atoms with Gasteiger partial charge in [-0.2, -0.15) is 0 Å². The number of hydrogen-bond donors (Lipinski definition) is 1. The Morgan fingerprint density at radius 3 is 2.63 bits per heavy atom. The van der Waals surface area contributed by atoms with Crippen molar-refractivity contribution in [2.75, 3.05) is 13.1 Å². The topological polar surface area (TPSA) is 62.5 Å². The molecule has 1 aromatic carbocycles. The van der Waals surface area contributed by atoms with Crippen LogP contribution in [0.5, 0.6) is 0 Å². The van der Waals surface area contributed by atoms with Crippen LogP contribution in [0.25, 0.3) is 5.78 Å². The first-order chi connectivity index (χ1) is 14.6. The fraction of sp³-hybridized carbons (Fsp3) is 0.435. The molecule has 3 aliphatic rings. The molecule has 2 aromatic heterocycles. The number of piperidine rings is 1. The van der Waals surface area contributed by atoms with E-state index in [4.69, 9.17) is 4.98 Å². The summed E-state index contributed by atoms with van der Waals surface area (Å²) in [5, 5.41) is 3.77. The lowest BCUT2D eigenvalue weighted by Gasteiger charge is -2.45. The summed E-state index contributed by atoms with van der Waals surface area (Å²) < 4.78 is 2.85. The average molecular weight is 466 g/mol. The van der Waals surface area contributed by atoms with Crippen LogP contribution in [-0.4, -0.2) is 43.8 Å². The average Bonchev–Trinajstić information content (AvgIpc) is 3.52. The van der Waals surface area contributed by atoms with Crippen molar-refractivity contribution < 1.29 is 4.79 Å². The molecule has 1 amide bonds. The predicted octanol–water partition coefficient (Wildman–Crippen LogP) is 3.69. The number of carbonyl (C=O) groups excluding carboxylic acids is 1. The lowest BCUT2D eigenvalue weighted by atomic mass is 9.78. The molecule has 2 aliphatic heterocycles. The van der Waals surface area contributed by atoms with Gasteiger partial charge in [0.05, 0.1) is 10.2 Å². The quantitative estimate of drug-likeness (QED) is 0.626. The standard InChI is InChI=1S/C23H24BrN5O/c24-18-13-29-14-19(26-22(29)27-20(18)15-5-6-15)21(30)28-9-7-23(8-10-28)11-16-3-1-2-4-17(16)12-25-23/h1-4,13-15,25H,5-12H2. The molecule has 1 aliphatic carbocycles. The van der Waals surface area contributed by atoms with Gasteiger partial charge in [0.2, 0.25) is 5.78 Å². The Hall–Kier alpha value is -2.25. The molecule has 2 fully saturated rings. The number of nitrogens with zero attached hydrogens (tertiary/aromatic N) is 4. The maximum atomic E-state index is 13.1. The lowest BCUT2D eigenvalue weighted by Crippen LogP contribution is -2.57. The van der Waals surface area contributed by atoms with Crippen LogP contribution in [0.3, 0.4) is 0 Å². The van der Waals surface area contributed by atoms with E-state index < -0.39 is 0 Å². The van der Waals surface area contributed by atoms with Crippen LogP contribution in [0.15, 0.2) is 41.1 Å². The normalized spacial score (nSPS) is 20.5. The molecule has 1 N–H and O–H groups in total. The first kappa shape index (κ1) is 18.5. The molecule has 6 nitrogen and oxygen atoms in total. The summed E-state index contributed by atoms with van der Waals surface area (Å²) in [7, 11) is 0. The van der Waals surface area contributed by atoms with E-state index >= 15 is 0 Å². The van der Waals surface area contributed by atoms with Crippen molar-refractivity contribution in [3.05, 3.63) is 63.6 Å². The molecule has 1 spiro atoms. The van der Waals surface area contributed by atoms with Crippen molar-refractivity contribution in [2.45, 2.75) is 50.1 Å². The monoisotopic (exact) mass is 465 g/mol. The van der Waals surface area contributed by atoms with Gasteiger partial charge in [-0.05, 0) is 59.2 Å². The van der Waals surface area contributed by atoms with E-state index in [1.807, 2.05) is 21.7 Å². The zero-order chi connectivity index (χ0) is 20.3. The SMILES string of the molecule is O=C(c1cn2cc(Br)c(C3CC3)nc2n1)N1CCC2(CC1)Cc1ccccc1CN2. The van der Waals surface area contributed by atoms with Crippen LogP contribution in [0.4, 0.5) is 0 Å². The number of amides is 1. The number of carbonyl (C=O) groups is 1. The van der Waals surface area contributed by atoms with Gasteiger partial charge < -0.3 is 10.2 Å². The van der Waals surface area contributed by atoms with Gasteiger partial charge in [-0.3, -0.25) is 9.20 Å². The highest BCUT2D eigenvalue weighted by molar-refractivity contribution is 9.10. The Kier molecular flexibility index (Phi) is 4.25. The number of hydrogen-bond acceptors (Lipinski definition) is 4. The number of halogens is 1. The first-order valence-electron chi connectivity index (χ1n) is 10.8. The van der Waals surface area contributed by atoms with Crippen molar-refractivity contribution in [3.63, 3.8) is 0 Å². The van der Waals surface area contributed by atoms with Crippen LogP contribution in [0.2, 0.25) is 0 Å². The molecule has 3 aromatic rings. The molecular formula is C23H24BrN5O. The maximum absolute atomic E-state index is 13.1. The second-order valence-corrected chi connectivity index (χ2v) is 9.81. The van der Waals surface area contributed by atoms with Crippen LogP contribution in [0, 0.1) is 0 Å². The summed E-state index contributed by atoms with van der Waals surface area (Å²) in [6.45, 7) is 2.43. The second-order valence-electron chi connectivity index (χ2n) is 8.95. The molecule has 0 atom stereocenters. The summed E-state index contributed by atoms with van der Waals surface area (Å²) in [5.74, 6) is 1.16. The van der Waals surface area contributed by atoms with Crippen LogP contribution >= 0.6 is 15.9 Å². The van der Waals surface area contributed by atoms with Gasteiger partial charge >= 0.3 is 0 Å². The van der Waals surface area contributed by atoms with Gasteiger partial charge in [0.15, 0.2) is 0 Å². The zero-order valence-corrected chi connectivity index (χ0v) is 18.4. The molecule has 1 saturated carbocycles. The van der Waals surface area contributed by atoms with E-state index in [0.29, 0.717) is 17.4 Å². The summed E-state index contributed by atoms with van der Waals surface area (Å²) in [6.07, 6.45) is 9.14. The highest BCUT2D eigenvalue weighted by atomic mass is 79.9. The van der Waals surface area contributed by atoms with E-state index in [1.165, 1.54) is 24.0 Å². The third kappa shape index (κ3) is 3.15. The van der Waals surface area contributed by atoms with Crippen molar-refractivity contribution >= 4 is 27.6 Å². The summed E-state index contributed by atoms with van der Waals surface area (Å²) in [6, 6.07) is 8.68. The highest BCUT2D eigenvalue weighted by Gasteiger charge is 2.38. The third-order valence-electron chi connectivity index (χ3n) is 6.92. The van der Waals surface area contributed by atoms with Gasteiger partial charge in [0.25, 0.3) is 5.91 Å². The second kappa shape index (κ2) is 6.89. The number of likely N-dealkylation sites (tertiary alicyclic amines) is 1. The van der Waals surface area contributed by atoms with Crippen molar-refractivity contribution in [2.24, 2.45) is 0 Å². The highest BCUT2D eigenvalue weighted by Crippen LogP contribution is 2.42. The molecular weight excluding hydrogens is 442 g/mol. The number of nitrogens with one attached hydrogen (secondary N) is 1. The Morgan fingerprint density at radius 1 is 1.10 bits per heavy atom. The van der Waals surface area contributed by atoms with E-state index in [9.17, 15) is 4.79 Å². The summed E-state index contributed by atoms with van der Waals surface area (Å²) in [5.41, 5.74) is 4.50. The predicted molar refractivity (Wildman–Crippen MR) is 118 cm³/mol. The van der Waals surface area contributed by atoms with Gasteiger partial charge in [-0.15, -0.1) is 0 Å². The fourth-order valence-electron chi connectivity index (χ4n) is 4.92. The number of rotatable bonds is 2. The van der Waals surface area contributed by atoms with Crippen molar-refractivity contribution in [3.8, 4) is 0 Å². The fourth-order valence-corrected chi connectivity index (χ4v) is 5.56. The van der Waals surface area contributed by atoms with Crippen molar-refractivity contribution in [1.82, 2.24) is 24.6 Å². The molecule has 6 rings (SSSR count). The maximum Gasteiger partial charge on any atom is 0.274 e. The summed E-state index contributed by atoms with van der Waals surface area (Å²) >= 11 is 3.62. The Bertz CT molecular complexity index is 1140. The van der Waals surface area contributed by atoms with E-state index in [1.54, 1.807) is 0 Å². The molecule has 0 bridgehead atoms. The van der Waals surface area contributed by atoms with Gasteiger partial charge in [-0.1, -0.05) is 24.3 Å². The molecule has 1 saturated heterocycles. The van der Waals surface area contributed by atoms with Crippen LogP contribution < -0.4 is 5.32 Å². The zero-order valence-electron chi connectivity index (χ0n) is 16.8. The van der Waals surface area contributed by atoms with Crippen LogP contribution in [0.1, 0.15) is 58.9 Å². The largest absolute Gasteiger partial charge is 0.337 e. The smallest absolute Gasteiger partial charge is 0.274 e. The number of aromatic nitrogens is 3. The van der Waals surface area contributed by atoms with Gasteiger partial charge in [-0.25, -0.2) is 9.97 Å². The van der Waals surface area contributed by atoms with Gasteiger partial charge in [0, 0.05) is 43.5 Å². The minimum Gasteiger partial charge on any atom is -0.337 e. The van der Waals surface area contributed by atoms with E-state index in [0.717, 1.165) is 49.1 Å². The van der Waals surface area contributed by atoms with E-state index in [2.05, 4.69) is 50.5 Å². The molecule has 0 unspecified atom stereocenters. The first-order valence-corrected chi connectivity index (χ1v) is 11.6. The molecule has 154 valence electrons. The van der Waals surface area contributed by atoms with Gasteiger partial charge in [0.1, 0.15) is 5.69 Å². The Balaban J connectivity index is 1.18. The van der Waals surface area contributed by atoms with Crippen LogP contribution in [-0.2, 0) is 13.0 Å². The molecule has 30 heavy (non-hydrogen) atoms. The minimum atomic E-state index is 0.00986. The molecule has 7 heteroatoms. The number of imidazole rings is 1. The summed E-state index contributed by atoms with van der Waals surface area (Å²) in [4.78, 5) is 24.4. The minimum absolute atomic E-state index is 0.00986. The molecule has 4 heterocycles. The lowest BCUT2D eigenvalue weighted by molar-refractivity contribution is 0.0626. The Labute approximate surface area is 183 Å². The van der Waals surface area contributed by atoms with E-state index in [-0.39, 0.29) is 11.4 Å². The number of benzene rings is 1. The molecule has 0 radical (unpaired) electrons.